The van der Waals surface area contributed by atoms with Crippen LogP contribution >= 0.6 is 11.6 Å². The zero-order valence-corrected chi connectivity index (χ0v) is 13.6. The molecule has 6 heteroatoms. The topological polar surface area (TPSA) is 62.6 Å². The van der Waals surface area contributed by atoms with Gasteiger partial charge in [-0.15, -0.1) is 0 Å². The van der Waals surface area contributed by atoms with Crippen LogP contribution in [-0.4, -0.2) is 37.5 Å². The molecule has 1 aromatic rings. The van der Waals surface area contributed by atoms with E-state index in [1.54, 1.807) is 31.2 Å². The second-order valence-corrected chi connectivity index (χ2v) is 5.90. The zero-order valence-electron chi connectivity index (χ0n) is 12.9. The molecule has 0 saturated carbocycles. The van der Waals surface area contributed by atoms with Gasteiger partial charge >= 0.3 is 0 Å². The first-order valence-corrected chi connectivity index (χ1v) is 7.35. The SMILES string of the molecule is CC(C)NC(=O)C[NH+](C)[C@@H](C)C(=O)Nc1ccc(Cl)cc1. The fourth-order valence-corrected chi connectivity index (χ4v) is 1.91. The molecule has 0 spiro atoms. The van der Waals surface area contributed by atoms with Crippen molar-refractivity contribution in [3.8, 4) is 0 Å². The molecule has 0 heterocycles. The summed E-state index contributed by atoms with van der Waals surface area (Å²) in [5.74, 6) is -0.194. The highest BCUT2D eigenvalue weighted by Crippen LogP contribution is 2.13. The van der Waals surface area contributed by atoms with Crippen molar-refractivity contribution >= 4 is 29.1 Å². The van der Waals surface area contributed by atoms with Crippen molar-refractivity contribution in [1.29, 1.82) is 0 Å². The molecule has 5 nitrogen and oxygen atoms in total. The number of quaternary nitrogens is 1. The molecular formula is C15H23ClN3O2+. The summed E-state index contributed by atoms with van der Waals surface area (Å²) in [6, 6.07) is 6.69. The average molecular weight is 313 g/mol. The fraction of sp³-hybridized carbons (Fsp3) is 0.467. The number of nitrogens with one attached hydrogen (secondary N) is 3. The molecule has 1 aromatic carbocycles. The van der Waals surface area contributed by atoms with Crippen LogP contribution in [0.4, 0.5) is 5.69 Å². The van der Waals surface area contributed by atoms with Crippen molar-refractivity contribution in [2.45, 2.75) is 32.9 Å². The highest BCUT2D eigenvalue weighted by Gasteiger charge is 2.24. The summed E-state index contributed by atoms with van der Waals surface area (Å²) in [4.78, 5) is 24.7. The van der Waals surface area contributed by atoms with Gasteiger partial charge in [-0.1, -0.05) is 11.6 Å². The Kier molecular flexibility index (Phi) is 6.65. The monoisotopic (exact) mass is 312 g/mol. The standard InChI is InChI=1S/C15H22ClN3O2/c1-10(2)17-14(20)9-19(4)11(3)15(21)18-13-7-5-12(16)6-8-13/h5-8,10-11H,9H2,1-4H3,(H,17,20)(H,18,21)/p+1/t11-/m0/s1. The van der Waals surface area contributed by atoms with Gasteiger partial charge in [0.25, 0.3) is 11.8 Å². The molecule has 0 aromatic heterocycles. The molecule has 0 aliphatic rings. The number of halogens is 1. The molecular weight excluding hydrogens is 290 g/mol. The molecule has 2 atom stereocenters. The Hall–Kier alpha value is -1.59. The molecule has 21 heavy (non-hydrogen) atoms. The van der Waals surface area contributed by atoms with Crippen molar-refractivity contribution in [3.63, 3.8) is 0 Å². The van der Waals surface area contributed by atoms with Crippen molar-refractivity contribution < 1.29 is 14.5 Å². The van der Waals surface area contributed by atoms with E-state index in [1.807, 2.05) is 20.9 Å². The van der Waals surface area contributed by atoms with Gasteiger partial charge in [-0.25, -0.2) is 0 Å². The van der Waals surface area contributed by atoms with Crippen LogP contribution in [0.25, 0.3) is 0 Å². The first-order chi connectivity index (χ1) is 9.79. The fourth-order valence-electron chi connectivity index (χ4n) is 1.79. The minimum Gasteiger partial charge on any atom is -0.349 e. The van der Waals surface area contributed by atoms with Gasteiger partial charge in [-0.3, -0.25) is 9.59 Å². The second-order valence-electron chi connectivity index (χ2n) is 5.46. The van der Waals surface area contributed by atoms with Crippen molar-refractivity contribution in [1.82, 2.24) is 5.32 Å². The molecule has 116 valence electrons. The number of anilines is 1. The molecule has 0 aliphatic carbocycles. The van der Waals surface area contributed by atoms with E-state index >= 15 is 0 Å². The van der Waals surface area contributed by atoms with E-state index in [4.69, 9.17) is 11.6 Å². The van der Waals surface area contributed by atoms with Crippen LogP contribution in [0.5, 0.6) is 0 Å². The number of likely N-dealkylation sites (N-methyl/N-ethyl adjacent to an activating group) is 1. The van der Waals surface area contributed by atoms with E-state index in [-0.39, 0.29) is 30.4 Å². The summed E-state index contributed by atoms with van der Waals surface area (Å²) in [6.45, 7) is 5.87. The summed E-state index contributed by atoms with van der Waals surface area (Å²) >= 11 is 5.80. The third kappa shape index (κ3) is 6.14. The van der Waals surface area contributed by atoms with Crippen LogP contribution in [0, 0.1) is 0 Å². The Bertz CT molecular complexity index is 488. The number of hydrogen-bond donors (Lipinski definition) is 3. The van der Waals surface area contributed by atoms with Crippen LogP contribution in [-0.2, 0) is 9.59 Å². The lowest BCUT2D eigenvalue weighted by Crippen LogP contribution is -3.15. The van der Waals surface area contributed by atoms with E-state index in [0.717, 1.165) is 4.90 Å². The van der Waals surface area contributed by atoms with Crippen LogP contribution in [0.3, 0.4) is 0 Å². The molecule has 3 N–H and O–H groups in total. The maximum Gasteiger partial charge on any atom is 0.282 e. The molecule has 0 saturated heterocycles. The lowest BCUT2D eigenvalue weighted by Gasteiger charge is -2.21. The third-order valence-corrected chi connectivity index (χ3v) is 3.39. The van der Waals surface area contributed by atoms with Crippen LogP contribution < -0.4 is 15.5 Å². The Balaban J connectivity index is 2.53. The Morgan fingerprint density at radius 3 is 2.29 bits per heavy atom. The number of benzene rings is 1. The molecule has 0 aliphatic heterocycles. The van der Waals surface area contributed by atoms with Gasteiger partial charge in [-0.05, 0) is 45.0 Å². The van der Waals surface area contributed by atoms with Gasteiger partial charge in [0.05, 0.1) is 7.05 Å². The van der Waals surface area contributed by atoms with Crippen LogP contribution in [0.1, 0.15) is 20.8 Å². The highest BCUT2D eigenvalue weighted by molar-refractivity contribution is 6.30. The average Bonchev–Trinajstić information content (AvgIpc) is 2.39. The minimum atomic E-state index is -0.335. The predicted octanol–water partition coefficient (Wildman–Crippen LogP) is 0.706. The van der Waals surface area contributed by atoms with E-state index in [2.05, 4.69) is 10.6 Å². The van der Waals surface area contributed by atoms with Gasteiger partial charge in [0, 0.05) is 16.8 Å². The maximum atomic E-state index is 12.1. The van der Waals surface area contributed by atoms with E-state index in [1.165, 1.54) is 0 Å². The van der Waals surface area contributed by atoms with E-state index in [0.29, 0.717) is 10.7 Å². The van der Waals surface area contributed by atoms with Crippen LogP contribution in [0.15, 0.2) is 24.3 Å². The van der Waals surface area contributed by atoms with Crippen LogP contribution in [0.2, 0.25) is 5.02 Å². The summed E-state index contributed by atoms with van der Waals surface area (Å²) in [5, 5.41) is 6.25. The summed E-state index contributed by atoms with van der Waals surface area (Å²) in [5.41, 5.74) is 0.690. The van der Waals surface area contributed by atoms with Crippen molar-refractivity contribution in [3.05, 3.63) is 29.3 Å². The smallest absolute Gasteiger partial charge is 0.282 e. The summed E-state index contributed by atoms with van der Waals surface area (Å²) < 4.78 is 0. The Labute approximate surface area is 130 Å². The molecule has 0 bridgehead atoms. The Morgan fingerprint density at radius 2 is 1.76 bits per heavy atom. The number of carbonyl (C=O) groups excluding carboxylic acids is 2. The summed E-state index contributed by atoms with van der Waals surface area (Å²) in [6.07, 6.45) is 0. The lowest BCUT2D eigenvalue weighted by molar-refractivity contribution is -0.885. The second kappa shape index (κ2) is 8.00. The quantitative estimate of drug-likeness (QED) is 0.724. The number of carbonyl (C=O) groups is 2. The Morgan fingerprint density at radius 1 is 1.19 bits per heavy atom. The summed E-state index contributed by atoms with van der Waals surface area (Å²) in [7, 11) is 1.83. The zero-order chi connectivity index (χ0) is 16.0. The molecule has 2 amide bonds. The maximum absolute atomic E-state index is 12.1. The highest BCUT2D eigenvalue weighted by atomic mass is 35.5. The van der Waals surface area contributed by atoms with E-state index in [9.17, 15) is 9.59 Å². The van der Waals surface area contributed by atoms with Gasteiger partial charge < -0.3 is 15.5 Å². The van der Waals surface area contributed by atoms with E-state index < -0.39 is 0 Å². The normalized spacial score (nSPS) is 13.6. The number of rotatable bonds is 6. The van der Waals surface area contributed by atoms with Gasteiger partial charge in [0.2, 0.25) is 0 Å². The van der Waals surface area contributed by atoms with Crippen molar-refractivity contribution in [2.24, 2.45) is 0 Å². The minimum absolute atomic E-state index is 0.0614. The molecule has 1 unspecified atom stereocenters. The van der Waals surface area contributed by atoms with Gasteiger partial charge in [0.1, 0.15) is 0 Å². The lowest BCUT2D eigenvalue weighted by atomic mass is 10.2. The van der Waals surface area contributed by atoms with Gasteiger partial charge in [-0.2, -0.15) is 0 Å². The first-order valence-electron chi connectivity index (χ1n) is 6.97. The first kappa shape index (κ1) is 17.5. The predicted molar refractivity (Wildman–Crippen MR) is 84.6 cm³/mol. The molecule has 0 fully saturated rings. The van der Waals surface area contributed by atoms with Crippen molar-refractivity contribution in [2.75, 3.05) is 18.9 Å². The number of amides is 2. The number of hydrogen-bond acceptors (Lipinski definition) is 2. The third-order valence-electron chi connectivity index (χ3n) is 3.13. The largest absolute Gasteiger partial charge is 0.349 e. The molecule has 0 radical (unpaired) electrons. The van der Waals surface area contributed by atoms with Gasteiger partial charge in [0.15, 0.2) is 12.6 Å². The molecule has 1 rings (SSSR count).